The summed E-state index contributed by atoms with van der Waals surface area (Å²) in [6.07, 6.45) is 0. The molecule has 0 unspecified atom stereocenters. The van der Waals surface area contributed by atoms with Crippen LogP contribution < -0.4 is 5.32 Å². The molecular formula is C20H19N5O. The zero-order valence-corrected chi connectivity index (χ0v) is 14.7. The molecule has 0 spiro atoms. The molecule has 130 valence electrons. The van der Waals surface area contributed by atoms with E-state index in [2.05, 4.69) is 20.4 Å². The first-order valence-electron chi connectivity index (χ1n) is 8.55. The summed E-state index contributed by atoms with van der Waals surface area (Å²) >= 11 is 0. The van der Waals surface area contributed by atoms with Crippen LogP contribution in [0.2, 0.25) is 0 Å². The van der Waals surface area contributed by atoms with Gasteiger partial charge in [0, 0.05) is 17.8 Å². The van der Waals surface area contributed by atoms with E-state index in [4.69, 9.17) is 0 Å². The van der Waals surface area contributed by atoms with Crippen LogP contribution in [0.3, 0.4) is 0 Å². The van der Waals surface area contributed by atoms with Crippen molar-refractivity contribution in [2.24, 2.45) is 0 Å². The van der Waals surface area contributed by atoms with E-state index in [9.17, 15) is 4.79 Å². The van der Waals surface area contributed by atoms with E-state index in [0.29, 0.717) is 12.2 Å². The second-order valence-electron chi connectivity index (χ2n) is 6.12. The van der Waals surface area contributed by atoms with E-state index < -0.39 is 0 Å². The van der Waals surface area contributed by atoms with Crippen molar-refractivity contribution in [1.29, 1.82) is 0 Å². The summed E-state index contributed by atoms with van der Waals surface area (Å²) in [6.45, 7) is 4.50. The predicted octanol–water partition coefficient (Wildman–Crippen LogP) is 4.01. The lowest BCUT2D eigenvalue weighted by Crippen LogP contribution is -2.17. The Kier molecular flexibility index (Phi) is 4.01. The van der Waals surface area contributed by atoms with Gasteiger partial charge in [-0.2, -0.15) is 5.10 Å². The minimum absolute atomic E-state index is 0.163. The molecule has 26 heavy (non-hydrogen) atoms. The van der Waals surface area contributed by atoms with Crippen LogP contribution in [0.1, 0.15) is 23.1 Å². The van der Waals surface area contributed by atoms with Gasteiger partial charge in [-0.05, 0) is 56.3 Å². The second-order valence-corrected chi connectivity index (χ2v) is 6.12. The lowest BCUT2D eigenvalue weighted by molar-refractivity contribution is 0.101. The molecule has 2 heterocycles. The quantitative estimate of drug-likeness (QED) is 0.587. The Bertz CT molecular complexity index is 1040. The molecule has 0 bridgehead atoms. The van der Waals surface area contributed by atoms with Gasteiger partial charge in [-0.3, -0.25) is 9.48 Å². The molecule has 0 atom stereocenters. The summed E-state index contributed by atoms with van der Waals surface area (Å²) in [5, 5.41) is 7.23. The monoisotopic (exact) mass is 345 g/mol. The summed E-state index contributed by atoms with van der Waals surface area (Å²) in [5.41, 5.74) is 5.03. The fourth-order valence-corrected chi connectivity index (χ4v) is 2.97. The largest absolute Gasteiger partial charge is 0.338 e. The number of aromatic nitrogens is 4. The fourth-order valence-electron chi connectivity index (χ4n) is 2.97. The number of benzene rings is 2. The number of anilines is 1. The fraction of sp³-hybridized carbons (Fsp3) is 0.150. The Morgan fingerprint density at radius 2 is 1.92 bits per heavy atom. The van der Waals surface area contributed by atoms with Gasteiger partial charge in [-0.15, -0.1) is 0 Å². The average Bonchev–Trinajstić information content (AvgIpc) is 3.25. The number of aryl methyl sites for hydroxylation is 2. The summed E-state index contributed by atoms with van der Waals surface area (Å²) in [4.78, 5) is 20.4. The summed E-state index contributed by atoms with van der Waals surface area (Å²) in [7, 11) is 0. The third kappa shape index (κ3) is 2.97. The number of amides is 1. The van der Waals surface area contributed by atoms with Crippen LogP contribution >= 0.6 is 0 Å². The lowest BCUT2D eigenvalue weighted by Gasteiger charge is -2.07. The molecule has 0 saturated heterocycles. The Morgan fingerprint density at radius 3 is 2.65 bits per heavy atom. The van der Waals surface area contributed by atoms with Gasteiger partial charge in [-0.1, -0.05) is 12.1 Å². The number of nitrogens with zero attached hydrogens (tertiary/aromatic N) is 3. The number of nitrogens with one attached hydrogen (secondary N) is 2. The van der Waals surface area contributed by atoms with Crippen molar-refractivity contribution in [2.45, 2.75) is 20.4 Å². The highest BCUT2D eigenvalue weighted by molar-refractivity contribution is 6.03. The normalized spacial score (nSPS) is 11.0. The van der Waals surface area contributed by atoms with Gasteiger partial charge in [0.2, 0.25) is 0 Å². The molecule has 4 aromatic rings. The minimum Gasteiger partial charge on any atom is -0.338 e. The van der Waals surface area contributed by atoms with Crippen molar-refractivity contribution in [3.63, 3.8) is 0 Å². The maximum atomic E-state index is 12.5. The van der Waals surface area contributed by atoms with Gasteiger partial charge < -0.3 is 10.3 Å². The van der Waals surface area contributed by atoms with Gasteiger partial charge >= 0.3 is 0 Å². The molecule has 2 N–H and O–H groups in total. The Hall–Kier alpha value is -3.41. The molecule has 6 nitrogen and oxygen atoms in total. The molecule has 1 amide bonds. The van der Waals surface area contributed by atoms with Crippen molar-refractivity contribution in [2.75, 3.05) is 5.32 Å². The molecule has 0 aliphatic carbocycles. The molecule has 0 fully saturated rings. The van der Waals surface area contributed by atoms with Crippen LogP contribution in [0.25, 0.3) is 22.4 Å². The predicted molar refractivity (Wildman–Crippen MR) is 102 cm³/mol. The van der Waals surface area contributed by atoms with Crippen molar-refractivity contribution in [1.82, 2.24) is 19.7 Å². The molecule has 0 saturated carbocycles. The number of hydrogen-bond acceptors (Lipinski definition) is 3. The van der Waals surface area contributed by atoms with E-state index in [1.807, 2.05) is 62.4 Å². The van der Waals surface area contributed by atoms with Crippen molar-refractivity contribution in [3.8, 4) is 11.4 Å². The highest BCUT2D eigenvalue weighted by atomic mass is 16.2. The maximum absolute atomic E-state index is 12.5. The first kappa shape index (κ1) is 16.1. The number of hydrogen-bond donors (Lipinski definition) is 2. The minimum atomic E-state index is -0.163. The summed E-state index contributed by atoms with van der Waals surface area (Å²) in [6, 6.07) is 17.3. The molecule has 2 aromatic carbocycles. The van der Waals surface area contributed by atoms with Crippen LogP contribution in [0, 0.1) is 6.92 Å². The highest BCUT2D eigenvalue weighted by Gasteiger charge is 2.13. The van der Waals surface area contributed by atoms with E-state index in [1.54, 1.807) is 10.7 Å². The molecule has 0 radical (unpaired) electrons. The van der Waals surface area contributed by atoms with Crippen LogP contribution in [0.5, 0.6) is 0 Å². The molecule has 0 aliphatic rings. The number of carbonyl (C=O) groups excluding carboxylic acids is 1. The van der Waals surface area contributed by atoms with Gasteiger partial charge in [0.05, 0.1) is 16.7 Å². The third-order valence-corrected chi connectivity index (χ3v) is 4.24. The number of fused-ring (bicyclic) bond motifs is 1. The zero-order valence-electron chi connectivity index (χ0n) is 14.7. The van der Waals surface area contributed by atoms with Crippen molar-refractivity contribution in [3.05, 3.63) is 66.0 Å². The van der Waals surface area contributed by atoms with E-state index >= 15 is 0 Å². The first-order chi connectivity index (χ1) is 12.6. The Balaban J connectivity index is 1.55. The Labute approximate surface area is 150 Å². The van der Waals surface area contributed by atoms with E-state index in [-0.39, 0.29) is 5.91 Å². The second kappa shape index (κ2) is 6.48. The zero-order chi connectivity index (χ0) is 18.1. The standard InChI is InChI=1S/C20H19N5O/c1-3-25-18(12-13(2)24-25)20(26)21-15-10-8-14(9-11-15)19-22-16-6-4-5-7-17(16)23-19/h4-12H,3H2,1-2H3,(H,21,26)(H,22,23). The average molecular weight is 345 g/mol. The van der Waals surface area contributed by atoms with Gasteiger partial charge in [0.25, 0.3) is 5.91 Å². The number of para-hydroxylation sites is 2. The summed E-state index contributed by atoms with van der Waals surface area (Å²) in [5.74, 6) is 0.646. The molecule has 4 rings (SSSR count). The third-order valence-electron chi connectivity index (χ3n) is 4.24. The SMILES string of the molecule is CCn1nc(C)cc1C(=O)Nc1ccc(-c2nc3ccccc3[nH]2)cc1. The van der Waals surface area contributed by atoms with E-state index in [1.165, 1.54) is 0 Å². The van der Waals surface area contributed by atoms with Gasteiger partial charge in [-0.25, -0.2) is 4.98 Å². The van der Waals surface area contributed by atoms with Crippen molar-refractivity contribution < 1.29 is 4.79 Å². The number of carbonyl (C=O) groups is 1. The van der Waals surface area contributed by atoms with Crippen LogP contribution in [0.15, 0.2) is 54.6 Å². The molecule has 6 heteroatoms. The smallest absolute Gasteiger partial charge is 0.273 e. The number of imidazole rings is 1. The topological polar surface area (TPSA) is 75.6 Å². The number of aromatic amines is 1. The first-order valence-corrected chi connectivity index (χ1v) is 8.55. The summed E-state index contributed by atoms with van der Waals surface area (Å²) < 4.78 is 1.70. The molecule has 2 aromatic heterocycles. The number of rotatable bonds is 4. The highest BCUT2D eigenvalue weighted by Crippen LogP contribution is 2.22. The van der Waals surface area contributed by atoms with Gasteiger partial charge in [0.15, 0.2) is 0 Å². The van der Waals surface area contributed by atoms with E-state index in [0.717, 1.165) is 33.8 Å². The maximum Gasteiger partial charge on any atom is 0.273 e. The van der Waals surface area contributed by atoms with Crippen LogP contribution in [-0.4, -0.2) is 25.7 Å². The Morgan fingerprint density at radius 1 is 1.15 bits per heavy atom. The van der Waals surface area contributed by atoms with Crippen LogP contribution in [-0.2, 0) is 6.54 Å². The number of H-pyrrole nitrogens is 1. The molecular weight excluding hydrogens is 326 g/mol. The van der Waals surface area contributed by atoms with Crippen LogP contribution in [0.4, 0.5) is 5.69 Å². The molecule has 0 aliphatic heterocycles. The lowest BCUT2D eigenvalue weighted by atomic mass is 10.2. The van der Waals surface area contributed by atoms with Gasteiger partial charge in [0.1, 0.15) is 11.5 Å². The van der Waals surface area contributed by atoms with Crippen molar-refractivity contribution >= 4 is 22.6 Å².